The van der Waals surface area contributed by atoms with Gasteiger partial charge in [0.15, 0.2) is 34.5 Å². The van der Waals surface area contributed by atoms with Crippen LogP contribution in [0.3, 0.4) is 0 Å². The van der Waals surface area contributed by atoms with E-state index in [0.717, 1.165) is 87.4 Å². The summed E-state index contributed by atoms with van der Waals surface area (Å²) in [6.07, 6.45) is 3.54. The monoisotopic (exact) mass is 778 g/mol. The zero-order chi connectivity index (χ0) is 39.6. The third-order valence-electron chi connectivity index (χ3n) is 12.4. The van der Waals surface area contributed by atoms with E-state index in [-0.39, 0.29) is 18.7 Å². The Morgan fingerprint density at radius 3 is 2.09 bits per heavy atom. The molecule has 1 saturated heterocycles. The second-order valence-corrected chi connectivity index (χ2v) is 16.1. The Balaban J connectivity index is 1.26. The number of fused-ring (bicyclic) bond motifs is 3. The molecular formula is C46H58N4O7. The van der Waals surface area contributed by atoms with Crippen LogP contribution in [-0.4, -0.2) is 126 Å². The van der Waals surface area contributed by atoms with Crippen molar-refractivity contribution in [1.29, 1.82) is 0 Å². The molecule has 9 rings (SSSR count). The van der Waals surface area contributed by atoms with Gasteiger partial charge >= 0.3 is 0 Å². The Hall–Kier alpha value is -4.52. The van der Waals surface area contributed by atoms with Crippen LogP contribution in [0.5, 0.6) is 46.0 Å². The van der Waals surface area contributed by atoms with Gasteiger partial charge in [-0.3, -0.25) is 14.7 Å². The van der Waals surface area contributed by atoms with Crippen LogP contribution in [-0.2, 0) is 25.7 Å². The average Bonchev–Trinajstić information content (AvgIpc) is 3.22. The maximum Gasteiger partial charge on any atom is 0.204 e. The van der Waals surface area contributed by atoms with Crippen molar-refractivity contribution in [2.75, 3.05) is 94.9 Å². The van der Waals surface area contributed by atoms with Crippen molar-refractivity contribution in [3.05, 3.63) is 94.0 Å². The van der Waals surface area contributed by atoms with Crippen molar-refractivity contribution in [2.24, 2.45) is 0 Å². The molecule has 0 radical (unpaired) electrons. The Morgan fingerprint density at radius 1 is 0.684 bits per heavy atom. The molecule has 0 amide bonds. The highest BCUT2D eigenvalue weighted by Crippen LogP contribution is 2.52. The number of ether oxygens (including phenoxy) is 6. The summed E-state index contributed by atoms with van der Waals surface area (Å²) in [4.78, 5) is 9.45. The molecule has 5 aliphatic heterocycles. The first-order chi connectivity index (χ1) is 27.7. The molecule has 304 valence electrons. The second kappa shape index (κ2) is 17.1. The number of methoxy groups -OCH3 is 3. The molecule has 0 aliphatic carbocycles. The van der Waals surface area contributed by atoms with Crippen molar-refractivity contribution in [3.8, 4) is 46.0 Å². The van der Waals surface area contributed by atoms with Gasteiger partial charge in [0, 0.05) is 63.5 Å². The highest BCUT2D eigenvalue weighted by molar-refractivity contribution is 5.64. The van der Waals surface area contributed by atoms with E-state index >= 15 is 0 Å². The van der Waals surface area contributed by atoms with Gasteiger partial charge < -0.3 is 38.4 Å². The van der Waals surface area contributed by atoms with Gasteiger partial charge in [0.2, 0.25) is 5.75 Å². The minimum Gasteiger partial charge on any atom is -0.493 e. The molecule has 57 heavy (non-hydrogen) atoms. The minimum absolute atomic E-state index is 0.0858. The number of rotatable bonds is 8. The molecule has 11 nitrogen and oxygen atoms in total. The molecule has 5 aliphatic rings. The van der Waals surface area contributed by atoms with E-state index in [1.54, 1.807) is 21.3 Å². The molecule has 0 saturated carbocycles. The summed E-state index contributed by atoms with van der Waals surface area (Å²) in [5.41, 5.74) is 7.04. The first-order valence-electron chi connectivity index (χ1n) is 20.4. The smallest absolute Gasteiger partial charge is 0.204 e. The maximum atomic E-state index is 11.4. The lowest BCUT2D eigenvalue weighted by Gasteiger charge is -2.37. The van der Waals surface area contributed by atoms with Gasteiger partial charge in [-0.2, -0.15) is 0 Å². The Bertz CT molecular complexity index is 2030. The fourth-order valence-corrected chi connectivity index (χ4v) is 9.00. The van der Waals surface area contributed by atoms with E-state index in [9.17, 15) is 5.11 Å². The number of aliphatic hydroxyl groups is 1. The fraction of sp³-hybridized carbons (Fsp3) is 0.478. The number of aliphatic hydroxyl groups excluding tert-OH is 1. The summed E-state index contributed by atoms with van der Waals surface area (Å²) in [5, 5.41) is 11.4. The molecule has 0 aromatic heterocycles. The molecule has 1 N–H and O–H groups in total. The quantitative estimate of drug-likeness (QED) is 0.212. The van der Waals surface area contributed by atoms with Gasteiger partial charge in [-0.1, -0.05) is 18.2 Å². The van der Waals surface area contributed by atoms with Crippen molar-refractivity contribution in [2.45, 2.75) is 50.3 Å². The minimum atomic E-state index is -0.703. The third kappa shape index (κ3) is 8.40. The SMILES string of the molecule is COc1ccc2cc1Oc1ccc(cc1)CC[C@H]1c3cc(c(OC)cc3CCN1C)Oc1c(OCC(O)CN3CCN(C)CC3)c(OC)cc3c1[C@H](C2)N(C)CC3. The van der Waals surface area contributed by atoms with Gasteiger partial charge in [-0.25, -0.2) is 0 Å². The molecule has 4 aromatic rings. The molecule has 0 spiro atoms. The molecule has 6 bridgehead atoms. The topological polar surface area (TPSA) is 88.6 Å². The summed E-state index contributed by atoms with van der Waals surface area (Å²) < 4.78 is 38.4. The molecular weight excluding hydrogens is 721 g/mol. The summed E-state index contributed by atoms with van der Waals surface area (Å²) in [5.74, 6) is 5.06. The number of β-amino-alcohol motifs (C(OH)–C–C–N with tert-alkyl or cyclic N) is 1. The van der Waals surface area contributed by atoms with Crippen LogP contribution < -0.4 is 28.4 Å². The van der Waals surface area contributed by atoms with Crippen LogP contribution in [0.2, 0.25) is 0 Å². The lowest BCUT2D eigenvalue weighted by atomic mass is 9.87. The van der Waals surface area contributed by atoms with Crippen molar-refractivity contribution in [3.63, 3.8) is 0 Å². The standard InChI is InChI=1S/C46H58N4O7/c1-47-19-21-50(22-20-47)28-34(51)29-55-45-43(54-6)26-33-16-18-49(3)38-23-31-10-14-39(52-4)41(24-31)56-35-11-7-30(8-12-35)9-13-37-36-27-42(57-46(45)44(33)38)40(53-5)25-32(36)15-17-48(37)2/h7-8,10-12,14,24-27,34,37-38,51H,9,13,15-23,28-29H2,1-6H3/t34?,37-,38-/m0/s1. The molecule has 3 atom stereocenters. The first kappa shape index (κ1) is 39.3. The van der Waals surface area contributed by atoms with Gasteiger partial charge in [-0.05, 0) is 124 Å². The van der Waals surface area contributed by atoms with Gasteiger partial charge in [0.1, 0.15) is 18.5 Å². The van der Waals surface area contributed by atoms with Crippen LogP contribution in [0, 0.1) is 0 Å². The predicted octanol–water partition coefficient (Wildman–Crippen LogP) is 6.53. The highest BCUT2D eigenvalue weighted by Gasteiger charge is 2.35. The van der Waals surface area contributed by atoms with Crippen LogP contribution in [0.4, 0.5) is 0 Å². The number of hydrogen-bond donors (Lipinski definition) is 1. The predicted molar refractivity (Wildman–Crippen MR) is 221 cm³/mol. The first-order valence-corrected chi connectivity index (χ1v) is 20.4. The number of aryl methyl sites for hydroxylation is 1. The van der Waals surface area contributed by atoms with E-state index in [1.807, 2.05) is 6.07 Å². The van der Waals surface area contributed by atoms with Crippen molar-refractivity contribution < 1.29 is 33.5 Å². The Morgan fingerprint density at radius 2 is 1.35 bits per heavy atom. The number of likely N-dealkylation sites (N-methyl/N-ethyl adjacent to an activating group) is 3. The summed E-state index contributed by atoms with van der Waals surface area (Å²) in [7, 11) is 11.6. The van der Waals surface area contributed by atoms with Gasteiger partial charge in [-0.15, -0.1) is 0 Å². The maximum absolute atomic E-state index is 11.4. The van der Waals surface area contributed by atoms with Gasteiger partial charge in [0.25, 0.3) is 0 Å². The van der Waals surface area contributed by atoms with Crippen LogP contribution in [0.1, 0.15) is 51.9 Å². The molecule has 5 heterocycles. The number of hydrogen-bond acceptors (Lipinski definition) is 11. The van der Waals surface area contributed by atoms with E-state index in [1.165, 1.54) is 16.7 Å². The molecule has 4 aromatic carbocycles. The normalized spacial score (nSPS) is 20.9. The van der Waals surface area contributed by atoms with Crippen LogP contribution >= 0.6 is 0 Å². The lowest BCUT2D eigenvalue weighted by Crippen LogP contribution is -2.47. The van der Waals surface area contributed by atoms with Crippen molar-refractivity contribution >= 4 is 0 Å². The number of nitrogens with zero attached hydrogens (tertiary/aromatic N) is 4. The molecule has 11 heteroatoms. The van der Waals surface area contributed by atoms with E-state index in [4.69, 9.17) is 28.4 Å². The molecule has 1 unspecified atom stereocenters. The van der Waals surface area contributed by atoms with Crippen molar-refractivity contribution in [1.82, 2.24) is 19.6 Å². The number of piperazine rings is 1. The summed E-state index contributed by atoms with van der Waals surface area (Å²) in [6, 6.07) is 21.2. The van der Waals surface area contributed by atoms with Gasteiger partial charge in [0.05, 0.1) is 21.3 Å². The molecule has 1 fully saturated rings. The van der Waals surface area contributed by atoms with E-state index < -0.39 is 6.10 Å². The summed E-state index contributed by atoms with van der Waals surface area (Å²) in [6.45, 7) is 6.21. The zero-order valence-electron chi connectivity index (χ0n) is 34.4. The van der Waals surface area contributed by atoms with E-state index in [0.29, 0.717) is 53.2 Å². The second-order valence-electron chi connectivity index (χ2n) is 16.1. The average molecular weight is 779 g/mol. The van der Waals surface area contributed by atoms with Crippen LogP contribution in [0.15, 0.2) is 60.7 Å². The lowest BCUT2D eigenvalue weighted by molar-refractivity contribution is 0.0490. The Kier molecular flexibility index (Phi) is 11.8. The third-order valence-corrected chi connectivity index (χ3v) is 12.4. The summed E-state index contributed by atoms with van der Waals surface area (Å²) >= 11 is 0. The largest absolute Gasteiger partial charge is 0.493 e. The Labute approximate surface area is 337 Å². The zero-order valence-corrected chi connectivity index (χ0v) is 34.4. The fourth-order valence-electron chi connectivity index (χ4n) is 9.00. The van der Waals surface area contributed by atoms with E-state index in [2.05, 4.69) is 95.3 Å². The number of benzene rings is 4. The van der Waals surface area contributed by atoms with Crippen LogP contribution in [0.25, 0.3) is 0 Å². The highest BCUT2D eigenvalue weighted by atomic mass is 16.6.